The fourth-order valence-electron chi connectivity index (χ4n) is 3.90. The first kappa shape index (κ1) is 20.0. The lowest BCUT2D eigenvalue weighted by Gasteiger charge is -2.17. The van der Waals surface area contributed by atoms with Gasteiger partial charge in [-0.2, -0.15) is 0 Å². The van der Waals surface area contributed by atoms with E-state index < -0.39 is 0 Å². The molecule has 0 amide bonds. The van der Waals surface area contributed by atoms with Gasteiger partial charge in [0.05, 0.1) is 21.4 Å². The molecule has 2 heterocycles. The van der Waals surface area contributed by atoms with Gasteiger partial charge in [0.15, 0.2) is 11.6 Å². The molecule has 5 rings (SSSR count). The monoisotopic (exact) mass is 446 g/mol. The van der Waals surface area contributed by atoms with Crippen LogP contribution in [0.1, 0.15) is 42.3 Å². The minimum Gasteiger partial charge on any atom is -0.276 e. The lowest BCUT2D eigenvalue weighted by atomic mass is 9.96. The highest BCUT2D eigenvalue weighted by atomic mass is 35.5. The maximum absolute atomic E-state index is 6.76. The molecule has 0 aliphatic carbocycles. The van der Waals surface area contributed by atoms with Crippen molar-refractivity contribution in [1.29, 1.82) is 0 Å². The lowest BCUT2D eigenvalue weighted by Crippen LogP contribution is -2.10. The van der Waals surface area contributed by atoms with Crippen LogP contribution in [0.4, 0.5) is 0 Å². The summed E-state index contributed by atoms with van der Waals surface area (Å²) in [5.41, 5.74) is 5.59. The van der Waals surface area contributed by atoms with Gasteiger partial charge in [0.2, 0.25) is 0 Å². The van der Waals surface area contributed by atoms with Gasteiger partial charge in [-0.05, 0) is 23.6 Å². The summed E-state index contributed by atoms with van der Waals surface area (Å²) < 4.78 is 1.98. The third kappa shape index (κ3) is 3.46. The summed E-state index contributed by atoms with van der Waals surface area (Å²) in [4.78, 5) is 4.91. The number of aromatic nitrogens is 3. The molecule has 3 aromatic carbocycles. The van der Waals surface area contributed by atoms with Gasteiger partial charge in [0, 0.05) is 16.7 Å². The topological polar surface area (TPSA) is 43.1 Å². The van der Waals surface area contributed by atoms with E-state index in [1.807, 2.05) is 47.0 Å². The van der Waals surface area contributed by atoms with Crippen molar-refractivity contribution >= 4 is 28.9 Å². The number of hydrogen-bond donors (Lipinski definition) is 0. The van der Waals surface area contributed by atoms with Crippen molar-refractivity contribution in [1.82, 2.24) is 14.8 Å². The van der Waals surface area contributed by atoms with Crippen molar-refractivity contribution in [3.8, 4) is 17.1 Å². The minimum absolute atomic E-state index is 0.377. The molecule has 154 valence electrons. The van der Waals surface area contributed by atoms with Gasteiger partial charge in [0.25, 0.3) is 0 Å². The standard InChI is InChI=1S/C25H20Cl2N4/c1-15(2)16-8-10-17(11-9-16)23-22-19(26)12-13-20(27)24(22)31-21(14-28-23)29-30-25(31)18-6-4-3-5-7-18/h3-13,15H,14H2,1-2H3. The summed E-state index contributed by atoms with van der Waals surface area (Å²) in [7, 11) is 0. The van der Waals surface area contributed by atoms with Gasteiger partial charge in [0.1, 0.15) is 6.54 Å². The van der Waals surface area contributed by atoms with Gasteiger partial charge in [-0.15, -0.1) is 10.2 Å². The largest absolute Gasteiger partial charge is 0.276 e. The number of hydrogen-bond acceptors (Lipinski definition) is 3. The molecule has 0 radical (unpaired) electrons. The molecule has 0 N–H and O–H groups in total. The predicted molar refractivity (Wildman–Crippen MR) is 127 cm³/mol. The Bertz CT molecular complexity index is 1290. The number of halogens is 2. The number of rotatable bonds is 3. The second-order valence-corrected chi connectivity index (χ2v) is 8.65. The molecule has 0 fully saturated rings. The fraction of sp³-hybridized carbons (Fsp3) is 0.160. The molecule has 0 unspecified atom stereocenters. The normalized spacial score (nSPS) is 12.9. The molecule has 0 spiro atoms. The Morgan fingerprint density at radius 1 is 0.806 bits per heavy atom. The minimum atomic E-state index is 0.377. The molecule has 6 heteroatoms. The molecule has 0 atom stereocenters. The van der Waals surface area contributed by atoms with E-state index in [1.165, 1.54) is 5.56 Å². The molecule has 4 nitrogen and oxygen atoms in total. The van der Waals surface area contributed by atoms with Crippen molar-refractivity contribution < 1.29 is 0 Å². The Labute approximate surface area is 191 Å². The molecule has 0 saturated heterocycles. The van der Waals surface area contributed by atoms with Gasteiger partial charge < -0.3 is 0 Å². The zero-order valence-corrected chi connectivity index (χ0v) is 18.7. The van der Waals surface area contributed by atoms with Crippen molar-refractivity contribution in [2.45, 2.75) is 26.3 Å². The first-order chi connectivity index (χ1) is 15.0. The Morgan fingerprint density at radius 2 is 1.52 bits per heavy atom. The SMILES string of the molecule is CC(C)c1ccc(C2=NCc3nnc(-c4ccccc4)n3-c3c(Cl)ccc(Cl)c32)cc1. The smallest absolute Gasteiger partial charge is 0.168 e. The van der Waals surface area contributed by atoms with Crippen molar-refractivity contribution in [2.75, 3.05) is 0 Å². The zero-order chi connectivity index (χ0) is 21.5. The van der Waals surface area contributed by atoms with E-state index in [0.717, 1.165) is 33.9 Å². The van der Waals surface area contributed by atoms with Crippen LogP contribution in [0.25, 0.3) is 17.1 Å². The summed E-state index contributed by atoms with van der Waals surface area (Å²) in [5, 5.41) is 10.0. The summed E-state index contributed by atoms with van der Waals surface area (Å²) in [5.74, 6) is 1.89. The maximum atomic E-state index is 6.76. The highest BCUT2D eigenvalue weighted by molar-refractivity contribution is 6.39. The second-order valence-electron chi connectivity index (χ2n) is 7.84. The van der Waals surface area contributed by atoms with E-state index in [-0.39, 0.29) is 0 Å². The zero-order valence-electron chi connectivity index (χ0n) is 17.2. The van der Waals surface area contributed by atoms with E-state index in [1.54, 1.807) is 0 Å². The quantitative estimate of drug-likeness (QED) is 0.350. The molecule has 0 saturated carbocycles. The van der Waals surface area contributed by atoms with Crippen LogP contribution in [0.5, 0.6) is 0 Å². The van der Waals surface area contributed by atoms with Crippen LogP contribution in [0.15, 0.2) is 71.7 Å². The maximum Gasteiger partial charge on any atom is 0.168 e. The lowest BCUT2D eigenvalue weighted by molar-refractivity contribution is 0.866. The third-order valence-corrected chi connectivity index (χ3v) is 6.15. The predicted octanol–water partition coefficient (Wildman–Crippen LogP) is 6.72. The first-order valence-corrected chi connectivity index (χ1v) is 10.9. The number of fused-ring (bicyclic) bond motifs is 3. The van der Waals surface area contributed by atoms with Crippen LogP contribution in [0.3, 0.4) is 0 Å². The molecule has 1 aliphatic heterocycles. The van der Waals surface area contributed by atoms with Gasteiger partial charge in [-0.25, -0.2) is 0 Å². The third-order valence-electron chi connectivity index (χ3n) is 5.53. The Kier molecular flexibility index (Phi) is 5.12. The average molecular weight is 447 g/mol. The van der Waals surface area contributed by atoms with Crippen LogP contribution in [-0.4, -0.2) is 20.5 Å². The van der Waals surface area contributed by atoms with Crippen molar-refractivity contribution in [2.24, 2.45) is 4.99 Å². The molecule has 31 heavy (non-hydrogen) atoms. The van der Waals surface area contributed by atoms with E-state index in [4.69, 9.17) is 28.2 Å². The number of aliphatic imine (C=N–C) groups is 1. The van der Waals surface area contributed by atoms with E-state index in [0.29, 0.717) is 28.3 Å². The van der Waals surface area contributed by atoms with E-state index >= 15 is 0 Å². The molecule has 1 aromatic heterocycles. The van der Waals surface area contributed by atoms with Gasteiger partial charge >= 0.3 is 0 Å². The molecular formula is C25H20Cl2N4. The summed E-state index contributed by atoms with van der Waals surface area (Å²) >= 11 is 13.5. The van der Waals surface area contributed by atoms with Crippen LogP contribution in [0.2, 0.25) is 10.0 Å². The van der Waals surface area contributed by atoms with Crippen molar-refractivity contribution in [3.63, 3.8) is 0 Å². The summed E-state index contributed by atoms with van der Waals surface area (Å²) in [6, 6.07) is 22.0. The van der Waals surface area contributed by atoms with Gasteiger partial charge in [-0.1, -0.05) is 91.6 Å². The Hall–Kier alpha value is -2.95. The van der Waals surface area contributed by atoms with Crippen LogP contribution < -0.4 is 0 Å². The van der Waals surface area contributed by atoms with Crippen LogP contribution in [0, 0.1) is 0 Å². The molecule has 1 aliphatic rings. The van der Waals surface area contributed by atoms with Crippen molar-refractivity contribution in [3.05, 3.63) is 99.3 Å². The second kappa shape index (κ2) is 7.95. The Morgan fingerprint density at radius 3 is 2.23 bits per heavy atom. The molecule has 0 bridgehead atoms. The van der Waals surface area contributed by atoms with E-state index in [9.17, 15) is 0 Å². The number of nitrogens with zero attached hydrogens (tertiary/aromatic N) is 4. The first-order valence-electron chi connectivity index (χ1n) is 10.2. The Balaban J connectivity index is 1.75. The van der Waals surface area contributed by atoms with Crippen LogP contribution in [-0.2, 0) is 6.54 Å². The summed E-state index contributed by atoms with van der Waals surface area (Å²) in [6.45, 7) is 4.74. The fourth-order valence-corrected chi connectivity index (χ4v) is 4.39. The highest BCUT2D eigenvalue weighted by Crippen LogP contribution is 2.37. The summed E-state index contributed by atoms with van der Waals surface area (Å²) in [6.07, 6.45) is 0. The van der Waals surface area contributed by atoms with Crippen LogP contribution >= 0.6 is 23.2 Å². The highest BCUT2D eigenvalue weighted by Gasteiger charge is 2.27. The molecule has 4 aromatic rings. The number of benzene rings is 3. The van der Waals surface area contributed by atoms with E-state index in [2.05, 4.69) is 48.3 Å². The van der Waals surface area contributed by atoms with Gasteiger partial charge in [-0.3, -0.25) is 9.56 Å². The molecular weight excluding hydrogens is 427 g/mol. The average Bonchev–Trinajstić information content (AvgIpc) is 3.12.